The van der Waals surface area contributed by atoms with Gasteiger partial charge in [0.25, 0.3) is 5.56 Å². The molecule has 2 aliphatic rings. The largest absolute Gasteiger partial charge is 0.394 e. The van der Waals surface area contributed by atoms with E-state index in [4.69, 9.17) is 4.74 Å². The number of hydrogen-bond donors (Lipinski definition) is 4. The molecule has 11 nitrogen and oxygen atoms in total. The molecule has 1 aromatic rings. The zero-order chi connectivity index (χ0) is 20.7. The molecule has 0 aromatic carbocycles. The molecule has 2 amide bonds. The lowest BCUT2D eigenvalue weighted by Gasteiger charge is -2.26. The van der Waals surface area contributed by atoms with Crippen LogP contribution in [0.25, 0.3) is 0 Å². The summed E-state index contributed by atoms with van der Waals surface area (Å²) in [7, 11) is 0. The SMILES string of the molecule is O=C1CCC(=O)N1C(Br)C(Br)c1cn([C@@H]2O[C@H](CO)C(O)[C@@H]2O)c(=O)[nH]c1=O. The number of imide groups is 1. The minimum absolute atomic E-state index is 0.0216. The fourth-order valence-corrected chi connectivity index (χ4v) is 4.45. The molecule has 3 unspecified atom stereocenters. The van der Waals surface area contributed by atoms with Gasteiger partial charge in [0.2, 0.25) is 11.8 Å². The normalized spacial score (nSPS) is 30.1. The van der Waals surface area contributed by atoms with Gasteiger partial charge >= 0.3 is 5.69 Å². The molecule has 0 aliphatic carbocycles. The van der Waals surface area contributed by atoms with Crippen molar-refractivity contribution in [1.82, 2.24) is 14.5 Å². The lowest BCUT2D eigenvalue weighted by Crippen LogP contribution is -2.42. The van der Waals surface area contributed by atoms with Crippen molar-refractivity contribution in [1.29, 1.82) is 0 Å². The molecule has 1 aromatic heterocycles. The maximum absolute atomic E-state index is 12.3. The van der Waals surface area contributed by atoms with Crippen LogP contribution in [0, 0.1) is 0 Å². The average Bonchev–Trinajstić information content (AvgIpc) is 3.13. The fraction of sp³-hybridized carbons (Fsp3) is 0.600. The topological polar surface area (TPSA) is 162 Å². The number of amides is 2. The van der Waals surface area contributed by atoms with Crippen LogP contribution in [0.5, 0.6) is 0 Å². The van der Waals surface area contributed by atoms with Crippen molar-refractivity contribution in [3.63, 3.8) is 0 Å². The summed E-state index contributed by atoms with van der Waals surface area (Å²) in [6, 6.07) is 0. The van der Waals surface area contributed by atoms with Gasteiger partial charge in [-0.25, -0.2) is 4.79 Å². The third-order valence-corrected chi connectivity index (χ3v) is 7.30. The number of aliphatic hydroxyl groups excluding tert-OH is 3. The molecule has 154 valence electrons. The molecule has 0 radical (unpaired) electrons. The highest BCUT2D eigenvalue weighted by Crippen LogP contribution is 2.35. The first-order chi connectivity index (χ1) is 13.2. The Morgan fingerprint density at radius 2 is 1.75 bits per heavy atom. The second kappa shape index (κ2) is 8.16. The first-order valence-electron chi connectivity index (χ1n) is 8.28. The quantitative estimate of drug-likeness (QED) is 0.204. The summed E-state index contributed by atoms with van der Waals surface area (Å²) < 4.78 is 6.19. The number of H-pyrrole nitrogens is 1. The summed E-state index contributed by atoms with van der Waals surface area (Å²) in [6.07, 6.45) is -4.16. The van der Waals surface area contributed by atoms with Crippen molar-refractivity contribution in [2.24, 2.45) is 0 Å². The van der Waals surface area contributed by atoms with Gasteiger partial charge in [-0.1, -0.05) is 31.9 Å². The summed E-state index contributed by atoms with van der Waals surface area (Å²) in [5, 5.41) is 29.2. The molecule has 0 bridgehead atoms. The molecule has 4 N–H and O–H groups in total. The fourth-order valence-electron chi connectivity index (χ4n) is 3.14. The number of aliphatic hydroxyl groups is 3. The van der Waals surface area contributed by atoms with E-state index in [1.165, 1.54) is 0 Å². The number of alkyl halides is 2. The number of ether oxygens (including phenoxy) is 1. The number of rotatable bonds is 5. The number of likely N-dealkylation sites (tertiary alicyclic amines) is 1. The van der Waals surface area contributed by atoms with Crippen molar-refractivity contribution >= 4 is 43.7 Å². The van der Waals surface area contributed by atoms with Crippen LogP contribution in [-0.4, -0.2) is 71.5 Å². The molecule has 13 heteroatoms. The predicted octanol–water partition coefficient (Wildman–Crippen LogP) is -1.55. The van der Waals surface area contributed by atoms with Gasteiger partial charge < -0.3 is 20.1 Å². The Morgan fingerprint density at radius 1 is 1.14 bits per heavy atom. The van der Waals surface area contributed by atoms with E-state index in [1.54, 1.807) is 0 Å². The molecule has 3 heterocycles. The molecule has 28 heavy (non-hydrogen) atoms. The number of halogens is 2. The molecule has 2 aliphatic heterocycles. The van der Waals surface area contributed by atoms with Crippen molar-refractivity contribution < 1.29 is 29.6 Å². The lowest BCUT2D eigenvalue weighted by atomic mass is 10.1. The van der Waals surface area contributed by atoms with Gasteiger partial charge in [-0.05, 0) is 0 Å². The van der Waals surface area contributed by atoms with E-state index in [-0.39, 0.29) is 18.4 Å². The van der Waals surface area contributed by atoms with Crippen molar-refractivity contribution in [2.75, 3.05) is 6.61 Å². The number of aromatic amines is 1. The molecule has 6 atom stereocenters. The van der Waals surface area contributed by atoms with Crippen LogP contribution in [-0.2, 0) is 14.3 Å². The highest BCUT2D eigenvalue weighted by atomic mass is 79.9. The van der Waals surface area contributed by atoms with Crippen molar-refractivity contribution in [3.05, 3.63) is 32.6 Å². The smallest absolute Gasteiger partial charge is 0.330 e. The summed E-state index contributed by atoms with van der Waals surface area (Å²) in [6.45, 7) is -0.580. The van der Waals surface area contributed by atoms with Gasteiger partial charge in [0.05, 0.1) is 17.0 Å². The Labute approximate surface area is 174 Å². The van der Waals surface area contributed by atoms with Gasteiger partial charge in [-0.2, -0.15) is 0 Å². The first kappa shape index (κ1) is 21.3. The summed E-state index contributed by atoms with van der Waals surface area (Å²) >= 11 is 6.50. The average molecular weight is 527 g/mol. The molecular weight excluding hydrogens is 510 g/mol. The Hall–Kier alpha value is -1.38. The van der Waals surface area contributed by atoms with E-state index in [0.717, 1.165) is 15.7 Å². The van der Waals surface area contributed by atoms with Crippen LogP contribution in [0.4, 0.5) is 0 Å². The third-order valence-electron chi connectivity index (χ3n) is 4.66. The van der Waals surface area contributed by atoms with E-state index in [1.807, 2.05) is 0 Å². The van der Waals surface area contributed by atoms with E-state index < -0.39 is 64.0 Å². The molecule has 2 saturated heterocycles. The Kier molecular flexibility index (Phi) is 6.22. The maximum atomic E-state index is 12.3. The molecule has 3 rings (SSSR count). The molecular formula is C15H17Br2N3O8. The van der Waals surface area contributed by atoms with Gasteiger partial charge in [0, 0.05) is 19.0 Å². The van der Waals surface area contributed by atoms with Crippen molar-refractivity contribution in [2.45, 2.75) is 47.2 Å². The van der Waals surface area contributed by atoms with Crippen LogP contribution >= 0.6 is 31.9 Å². The van der Waals surface area contributed by atoms with E-state index in [0.29, 0.717) is 0 Å². The van der Waals surface area contributed by atoms with E-state index in [2.05, 4.69) is 36.8 Å². The van der Waals surface area contributed by atoms with Gasteiger partial charge in [-0.15, -0.1) is 0 Å². The summed E-state index contributed by atoms with van der Waals surface area (Å²) in [4.78, 5) is 49.7. The number of carbonyl (C=O) groups is 2. The lowest BCUT2D eigenvalue weighted by molar-refractivity contribution is -0.138. The van der Waals surface area contributed by atoms with E-state index >= 15 is 0 Å². The highest BCUT2D eigenvalue weighted by Gasteiger charge is 2.44. The predicted molar refractivity (Wildman–Crippen MR) is 99.8 cm³/mol. The van der Waals surface area contributed by atoms with Crippen LogP contribution in [0.3, 0.4) is 0 Å². The van der Waals surface area contributed by atoms with Gasteiger partial charge in [0.15, 0.2) is 6.23 Å². The van der Waals surface area contributed by atoms with Gasteiger partial charge in [0.1, 0.15) is 23.3 Å². The number of nitrogens with zero attached hydrogens (tertiary/aromatic N) is 2. The molecule has 0 spiro atoms. The number of carbonyl (C=O) groups excluding carboxylic acids is 2. The zero-order valence-electron chi connectivity index (χ0n) is 14.2. The number of hydrogen-bond acceptors (Lipinski definition) is 8. The van der Waals surface area contributed by atoms with Crippen LogP contribution < -0.4 is 11.2 Å². The van der Waals surface area contributed by atoms with Crippen LogP contribution in [0.1, 0.15) is 29.5 Å². The second-order valence-electron chi connectivity index (χ2n) is 6.41. The summed E-state index contributed by atoms with van der Waals surface area (Å²) in [5.74, 6) is -0.797. The molecule has 0 saturated carbocycles. The molecule has 2 fully saturated rings. The van der Waals surface area contributed by atoms with Crippen LogP contribution in [0.15, 0.2) is 15.8 Å². The maximum Gasteiger partial charge on any atom is 0.330 e. The Bertz CT molecular complexity index is 886. The summed E-state index contributed by atoms with van der Waals surface area (Å²) in [5.41, 5.74) is -1.69. The third kappa shape index (κ3) is 3.62. The number of aromatic nitrogens is 2. The highest BCUT2D eigenvalue weighted by molar-refractivity contribution is 9.12. The first-order valence-corrected chi connectivity index (χ1v) is 10.1. The Balaban J connectivity index is 1.96. The number of nitrogens with one attached hydrogen (secondary N) is 1. The van der Waals surface area contributed by atoms with E-state index in [9.17, 15) is 34.5 Å². The van der Waals surface area contributed by atoms with Crippen LogP contribution in [0.2, 0.25) is 0 Å². The van der Waals surface area contributed by atoms with Gasteiger partial charge in [-0.3, -0.25) is 28.8 Å². The standard InChI is InChI=1S/C15H17Br2N3O8/c16-9(12(17)20-7(22)1-2-8(20)23)5-3-19(15(27)18-13(5)26)14-11(25)10(24)6(4-21)28-14/h3,6,9-12,14,21,24-25H,1-2,4H2,(H,18,26,27)/t6-,9?,10?,11+,12?,14-/m1/s1. The Morgan fingerprint density at radius 3 is 2.29 bits per heavy atom. The second-order valence-corrected chi connectivity index (χ2v) is 8.34. The monoisotopic (exact) mass is 525 g/mol. The minimum atomic E-state index is -1.52. The zero-order valence-corrected chi connectivity index (χ0v) is 17.4. The van der Waals surface area contributed by atoms with Crippen molar-refractivity contribution in [3.8, 4) is 0 Å². The minimum Gasteiger partial charge on any atom is -0.394 e.